The summed E-state index contributed by atoms with van der Waals surface area (Å²) < 4.78 is 5.31. The number of carbonyl (C=O) groups excluding carboxylic acids is 1. The second-order valence-corrected chi connectivity index (χ2v) is 8.89. The molecule has 0 unspecified atom stereocenters. The summed E-state index contributed by atoms with van der Waals surface area (Å²) in [5.41, 5.74) is 5.40. The van der Waals surface area contributed by atoms with E-state index in [-0.39, 0.29) is 11.9 Å². The largest absolute Gasteiger partial charge is 0.497 e. The number of nitrogens with zero attached hydrogens (tertiary/aromatic N) is 3. The standard InChI is InChI=1S/C27H26ClN3O2/c1-33-22-12-10-20(11-13-22)26-16-25(23-8-4-5-9-24(23)28)29-31(26)27(32)18-30-15-14-19-6-2-3-7-21(19)17-30/h2-13,26H,14-18H2,1H3/t26-/m0/s1. The van der Waals surface area contributed by atoms with Crippen molar-refractivity contribution in [3.05, 3.63) is 100 Å². The molecule has 2 heterocycles. The van der Waals surface area contributed by atoms with Gasteiger partial charge < -0.3 is 4.74 Å². The van der Waals surface area contributed by atoms with Gasteiger partial charge in [-0.3, -0.25) is 9.69 Å². The number of ether oxygens (including phenoxy) is 1. The number of hydrogen-bond donors (Lipinski definition) is 0. The molecule has 3 aromatic carbocycles. The van der Waals surface area contributed by atoms with Gasteiger partial charge in [-0.2, -0.15) is 5.10 Å². The van der Waals surface area contributed by atoms with Crippen molar-refractivity contribution >= 4 is 23.2 Å². The Morgan fingerprint density at radius 2 is 1.76 bits per heavy atom. The number of carbonyl (C=O) groups is 1. The lowest BCUT2D eigenvalue weighted by atomic mass is 9.98. The highest BCUT2D eigenvalue weighted by molar-refractivity contribution is 6.34. The molecular formula is C27H26ClN3O2. The summed E-state index contributed by atoms with van der Waals surface area (Å²) in [7, 11) is 1.65. The van der Waals surface area contributed by atoms with E-state index < -0.39 is 0 Å². The molecule has 0 aromatic heterocycles. The van der Waals surface area contributed by atoms with Gasteiger partial charge in [0.25, 0.3) is 5.91 Å². The van der Waals surface area contributed by atoms with Crippen molar-refractivity contribution in [2.24, 2.45) is 5.10 Å². The average molecular weight is 460 g/mol. The third kappa shape index (κ3) is 4.52. The van der Waals surface area contributed by atoms with Crippen molar-refractivity contribution in [1.29, 1.82) is 0 Å². The topological polar surface area (TPSA) is 45.1 Å². The van der Waals surface area contributed by atoms with Crippen LogP contribution in [-0.4, -0.2) is 41.7 Å². The number of rotatable bonds is 5. The van der Waals surface area contributed by atoms with Crippen LogP contribution in [0.5, 0.6) is 5.75 Å². The van der Waals surface area contributed by atoms with E-state index in [0.29, 0.717) is 18.0 Å². The molecule has 1 amide bonds. The number of halogens is 1. The molecule has 0 aliphatic carbocycles. The first-order valence-corrected chi connectivity index (χ1v) is 11.6. The van der Waals surface area contributed by atoms with Crippen LogP contribution in [0.4, 0.5) is 0 Å². The minimum absolute atomic E-state index is 0.00254. The quantitative estimate of drug-likeness (QED) is 0.534. The molecule has 0 bridgehead atoms. The molecule has 0 saturated heterocycles. The SMILES string of the molecule is COc1ccc([C@@H]2CC(c3ccccc3Cl)=NN2C(=O)CN2CCc3ccccc3C2)cc1. The first-order valence-electron chi connectivity index (χ1n) is 11.2. The van der Waals surface area contributed by atoms with Crippen molar-refractivity contribution in [1.82, 2.24) is 9.91 Å². The second-order valence-electron chi connectivity index (χ2n) is 8.49. The van der Waals surface area contributed by atoms with Crippen LogP contribution < -0.4 is 4.74 Å². The zero-order valence-corrected chi connectivity index (χ0v) is 19.3. The van der Waals surface area contributed by atoms with Gasteiger partial charge in [0.05, 0.1) is 25.4 Å². The maximum Gasteiger partial charge on any atom is 0.257 e. The van der Waals surface area contributed by atoms with Crippen LogP contribution >= 0.6 is 11.6 Å². The van der Waals surface area contributed by atoms with Crippen molar-refractivity contribution in [3.63, 3.8) is 0 Å². The highest BCUT2D eigenvalue weighted by Crippen LogP contribution is 2.35. The van der Waals surface area contributed by atoms with Gasteiger partial charge in [0.2, 0.25) is 0 Å². The lowest BCUT2D eigenvalue weighted by Gasteiger charge is -2.30. The van der Waals surface area contributed by atoms with Gasteiger partial charge in [-0.15, -0.1) is 0 Å². The van der Waals surface area contributed by atoms with Gasteiger partial charge in [-0.1, -0.05) is 66.2 Å². The first-order chi connectivity index (χ1) is 16.1. The summed E-state index contributed by atoms with van der Waals surface area (Å²) in [5, 5.41) is 7.09. The summed E-state index contributed by atoms with van der Waals surface area (Å²) in [6.45, 7) is 1.98. The average Bonchev–Trinajstić information content (AvgIpc) is 3.30. The van der Waals surface area contributed by atoms with Crippen LogP contribution in [0.25, 0.3) is 0 Å². The van der Waals surface area contributed by atoms with Gasteiger partial charge in [-0.05, 0) is 41.3 Å². The summed E-state index contributed by atoms with van der Waals surface area (Å²) in [6, 6.07) is 23.8. The van der Waals surface area contributed by atoms with E-state index in [1.165, 1.54) is 11.1 Å². The number of methoxy groups -OCH3 is 1. The third-order valence-corrected chi connectivity index (χ3v) is 6.75. The Morgan fingerprint density at radius 1 is 1.03 bits per heavy atom. The molecule has 0 saturated carbocycles. The zero-order valence-electron chi connectivity index (χ0n) is 18.6. The molecular weight excluding hydrogens is 434 g/mol. The molecule has 5 nitrogen and oxygen atoms in total. The molecule has 5 rings (SSSR count). The predicted molar refractivity (Wildman–Crippen MR) is 131 cm³/mol. The Morgan fingerprint density at radius 3 is 2.52 bits per heavy atom. The minimum atomic E-state index is -0.174. The van der Waals surface area contributed by atoms with Crippen molar-refractivity contribution in [2.45, 2.75) is 25.4 Å². The van der Waals surface area contributed by atoms with Crippen LogP contribution in [0, 0.1) is 0 Å². The van der Waals surface area contributed by atoms with Gasteiger partial charge in [-0.25, -0.2) is 5.01 Å². The fourth-order valence-corrected chi connectivity index (χ4v) is 4.88. The van der Waals surface area contributed by atoms with Crippen molar-refractivity contribution in [2.75, 3.05) is 20.2 Å². The van der Waals surface area contributed by atoms with E-state index >= 15 is 0 Å². The summed E-state index contributed by atoms with van der Waals surface area (Å²) in [4.78, 5) is 15.7. The third-order valence-electron chi connectivity index (χ3n) is 6.42. The Balaban J connectivity index is 1.40. The number of amides is 1. The van der Waals surface area contributed by atoms with E-state index in [9.17, 15) is 4.79 Å². The van der Waals surface area contributed by atoms with Crippen LogP contribution in [0.2, 0.25) is 5.02 Å². The second kappa shape index (κ2) is 9.38. The minimum Gasteiger partial charge on any atom is -0.497 e. The maximum absolute atomic E-state index is 13.5. The maximum atomic E-state index is 13.5. The molecule has 0 radical (unpaired) electrons. The van der Waals surface area contributed by atoms with Gasteiger partial charge in [0.1, 0.15) is 5.75 Å². The van der Waals surface area contributed by atoms with Crippen molar-refractivity contribution < 1.29 is 9.53 Å². The van der Waals surface area contributed by atoms with Crippen LogP contribution in [-0.2, 0) is 17.8 Å². The molecule has 0 fully saturated rings. The predicted octanol–water partition coefficient (Wildman–Crippen LogP) is 5.08. The zero-order chi connectivity index (χ0) is 22.8. The molecule has 33 heavy (non-hydrogen) atoms. The van der Waals surface area contributed by atoms with E-state index in [4.69, 9.17) is 21.4 Å². The van der Waals surface area contributed by atoms with Crippen LogP contribution in [0.1, 0.15) is 34.7 Å². The van der Waals surface area contributed by atoms with Gasteiger partial charge in [0, 0.05) is 30.1 Å². The number of hydrogen-bond acceptors (Lipinski definition) is 4. The lowest BCUT2D eigenvalue weighted by molar-refractivity contribution is -0.134. The Hall–Kier alpha value is -3.15. The molecule has 3 aromatic rings. The van der Waals surface area contributed by atoms with Crippen LogP contribution in [0.15, 0.2) is 77.9 Å². The summed E-state index contributed by atoms with van der Waals surface area (Å²) >= 11 is 6.46. The molecule has 2 aliphatic heterocycles. The van der Waals surface area contributed by atoms with E-state index in [0.717, 1.165) is 42.1 Å². The number of hydrazone groups is 1. The van der Waals surface area contributed by atoms with Crippen molar-refractivity contribution in [3.8, 4) is 5.75 Å². The summed E-state index contributed by atoms with van der Waals surface area (Å²) in [6.07, 6.45) is 1.57. The molecule has 6 heteroatoms. The van der Waals surface area contributed by atoms with E-state index in [1.54, 1.807) is 12.1 Å². The Labute approximate surface area is 199 Å². The molecule has 0 N–H and O–H groups in total. The van der Waals surface area contributed by atoms with E-state index in [1.807, 2.05) is 48.5 Å². The lowest BCUT2D eigenvalue weighted by Crippen LogP contribution is -2.40. The fourth-order valence-electron chi connectivity index (χ4n) is 4.64. The normalized spacial score (nSPS) is 18.1. The smallest absolute Gasteiger partial charge is 0.257 e. The molecule has 1 atom stereocenters. The first kappa shape index (κ1) is 21.7. The van der Waals surface area contributed by atoms with Gasteiger partial charge in [0.15, 0.2) is 0 Å². The monoisotopic (exact) mass is 459 g/mol. The van der Waals surface area contributed by atoms with Crippen LogP contribution in [0.3, 0.4) is 0 Å². The Kier molecular flexibility index (Phi) is 6.16. The fraction of sp³-hybridized carbons (Fsp3) is 0.259. The molecule has 168 valence electrons. The summed E-state index contributed by atoms with van der Waals surface area (Å²) in [5.74, 6) is 0.783. The number of fused-ring (bicyclic) bond motifs is 1. The van der Waals surface area contributed by atoms with E-state index in [2.05, 4.69) is 29.2 Å². The Bertz CT molecular complexity index is 1190. The molecule has 2 aliphatic rings. The molecule has 0 spiro atoms. The number of benzene rings is 3. The highest BCUT2D eigenvalue weighted by atomic mass is 35.5. The highest BCUT2D eigenvalue weighted by Gasteiger charge is 2.34. The van der Waals surface area contributed by atoms with Gasteiger partial charge >= 0.3 is 0 Å².